The topological polar surface area (TPSA) is 55.7 Å². The molecule has 124 valence electrons. The number of pyridine rings is 1. The number of aromatic nitrogens is 4. The summed E-state index contributed by atoms with van der Waals surface area (Å²) in [5, 5.41) is 8.73. The lowest BCUT2D eigenvalue weighted by Crippen LogP contribution is -2.06. The van der Waals surface area contributed by atoms with Crippen molar-refractivity contribution < 1.29 is 4.74 Å². The molecule has 0 aliphatic heterocycles. The summed E-state index contributed by atoms with van der Waals surface area (Å²) in [6, 6.07) is 17.1. The second kappa shape index (κ2) is 6.66. The maximum atomic E-state index is 6.09. The number of nitrogens with one attached hydrogen (secondary N) is 1. The summed E-state index contributed by atoms with van der Waals surface area (Å²) in [5.74, 6) is 1.35. The van der Waals surface area contributed by atoms with E-state index < -0.39 is 0 Å². The molecule has 0 radical (unpaired) electrons. The Morgan fingerprint density at radius 3 is 2.84 bits per heavy atom. The molecule has 5 nitrogen and oxygen atoms in total. The molecule has 4 aromatic rings. The van der Waals surface area contributed by atoms with Gasteiger partial charge in [0.05, 0.1) is 5.69 Å². The van der Waals surface area contributed by atoms with Crippen molar-refractivity contribution in [1.82, 2.24) is 19.7 Å². The number of benzene rings is 2. The number of H-pyrrole nitrogens is 1. The minimum absolute atomic E-state index is 0.245. The Morgan fingerprint density at radius 1 is 1.12 bits per heavy atom. The van der Waals surface area contributed by atoms with Crippen LogP contribution < -0.4 is 4.74 Å². The Morgan fingerprint density at radius 2 is 1.96 bits per heavy atom. The molecular weight excluding hydrogens is 356 g/mol. The molecule has 0 atom stereocenters. The van der Waals surface area contributed by atoms with Crippen molar-refractivity contribution in [3.8, 4) is 11.4 Å². The Hall–Kier alpha value is -2.70. The van der Waals surface area contributed by atoms with Crippen molar-refractivity contribution in [1.29, 1.82) is 0 Å². The van der Waals surface area contributed by atoms with Crippen molar-refractivity contribution in [2.75, 3.05) is 0 Å². The summed E-state index contributed by atoms with van der Waals surface area (Å²) in [6.07, 6.45) is 1.75. The monoisotopic (exact) mass is 368 g/mol. The first-order valence-electron chi connectivity index (χ1n) is 7.61. The van der Waals surface area contributed by atoms with E-state index in [4.69, 9.17) is 28.6 Å². The zero-order valence-electron chi connectivity index (χ0n) is 13.0. The number of para-hydroxylation sites is 1. The first-order chi connectivity index (χ1) is 12.2. The minimum Gasteiger partial charge on any atom is -0.483 e. The van der Waals surface area contributed by atoms with E-state index in [2.05, 4.69) is 15.2 Å². The first-order valence-corrected chi connectivity index (χ1v) is 8.40. The van der Waals surface area contributed by atoms with Gasteiger partial charge in [-0.3, -0.25) is 14.6 Å². The van der Waals surface area contributed by atoms with Crippen molar-refractivity contribution in [3.05, 3.63) is 76.4 Å². The van der Waals surface area contributed by atoms with Crippen molar-refractivity contribution in [2.24, 2.45) is 0 Å². The van der Waals surface area contributed by atoms with Gasteiger partial charge in [0.2, 0.25) is 0 Å². The van der Waals surface area contributed by atoms with Gasteiger partial charge in [-0.15, -0.1) is 0 Å². The normalized spacial score (nSPS) is 10.9. The van der Waals surface area contributed by atoms with Crippen LogP contribution in [0.15, 0.2) is 60.8 Å². The van der Waals surface area contributed by atoms with Crippen LogP contribution in [0, 0.1) is 4.77 Å². The molecule has 4 rings (SSSR count). The van der Waals surface area contributed by atoms with Gasteiger partial charge in [-0.2, -0.15) is 5.10 Å². The third-order valence-corrected chi connectivity index (χ3v) is 4.27. The van der Waals surface area contributed by atoms with Gasteiger partial charge in [0.1, 0.15) is 17.9 Å². The fraction of sp³-hybridized carbons (Fsp3) is 0.0556. The van der Waals surface area contributed by atoms with Gasteiger partial charge >= 0.3 is 0 Å². The van der Waals surface area contributed by atoms with Crippen LogP contribution in [0.4, 0.5) is 0 Å². The third kappa shape index (κ3) is 3.14. The zero-order valence-corrected chi connectivity index (χ0v) is 14.6. The van der Waals surface area contributed by atoms with Gasteiger partial charge in [-0.25, -0.2) is 0 Å². The highest BCUT2D eigenvalue weighted by Gasteiger charge is 2.11. The van der Waals surface area contributed by atoms with E-state index in [9.17, 15) is 0 Å². The zero-order chi connectivity index (χ0) is 17.2. The van der Waals surface area contributed by atoms with Crippen LogP contribution in [-0.4, -0.2) is 19.7 Å². The molecule has 0 unspecified atom stereocenters. The van der Waals surface area contributed by atoms with E-state index in [1.54, 1.807) is 10.8 Å². The molecule has 1 N–H and O–H groups in total. The largest absolute Gasteiger partial charge is 0.483 e. The van der Waals surface area contributed by atoms with E-state index in [1.807, 2.05) is 54.6 Å². The molecular formula is C18H13ClN4OS. The molecule has 2 heterocycles. The number of aromatic amines is 1. The fourth-order valence-corrected chi connectivity index (χ4v) is 3.08. The van der Waals surface area contributed by atoms with Crippen LogP contribution in [0.2, 0.25) is 5.02 Å². The molecule has 0 aliphatic rings. The quantitative estimate of drug-likeness (QED) is 0.530. The van der Waals surface area contributed by atoms with E-state index in [-0.39, 0.29) is 6.61 Å². The third-order valence-electron chi connectivity index (χ3n) is 3.76. The molecule has 2 aromatic carbocycles. The van der Waals surface area contributed by atoms with Crippen LogP contribution in [0.1, 0.15) is 5.82 Å². The van der Waals surface area contributed by atoms with Gasteiger partial charge in [-0.05, 0) is 42.5 Å². The molecule has 0 amide bonds. The molecule has 0 spiro atoms. The lowest BCUT2D eigenvalue weighted by Gasteiger charge is -2.10. The summed E-state index contributed by atoms with van der Waals surface area (Å²) < 4.78 is 8.25. The first kappa shape index (κ1) is 15.8. The second-order valence-corrected chi connectivity index (χ2v) is 6.20. The van der Waals surface area contributed by atoms with Gasteiger partial charge in [-0.1, -0.05) is 35.9 Å². The average molecular weight is 369 g/mol. The number of fused-ring (bicyclic) bond motifs is 1. The van der Waals surface area contributed by atoms with Crippen molar-refractivity contribution in [3.63, 3.8) is 0 Å². The molecule has 0 saturated carbocycles. The number of ether oxygens (including phenoxy) is 1. The van der Waals surface area contributed by atoms with Gasteiger partial charge in [0.15, 0.2) is 10.6 Å². The summed E-state index contributed by atoms with van der Waals surface area (Å²) >= 11 is 11.4. The highest BCUT2D eigenvalue weighted by Crippen LogP contribution is 2.24. The van der Waals surface area contributed by atoms with Crippen LogP contribution in [0.25, 0.3) is 16.6 Å². The number of hydrogen-bond acceptors (Lipinski definition) is 4. The van der Waals surface area contributed by atoms with Crippen LogP contribution in [0.5, 0.6) is 5.75 Å². The second-order valence-electron chi connectivity index (χ2n) is 5.38. The smallest absolute Gasteiger partial charge is 0.199 e. The summed E-state index contributed by atoms with van der Waals surface area (Å²) in [4.78, 5) is 4.39. The number of hydrogen-bond donors (Lipinski definition) is 1. The number of rotatable bonds is 4. The highest BCUT2D eigenvalue weighted by molar-refractivity contribution is 7.71. The molecule has 0 fully saturated rings. The van der Waals surface area contributed by atoms with Gasteiger partial charge < -0.3 is 4.74 Å². The van der Waals surface area contributed by atoms with Crippen molar-refractivity contribution >= 4 is 34.7 Å². The number of halogens is 1. The lowest BCUT2D eigenvalue weighted by atomic mass is 10.2. The summed E-state index contributed by atoms with van der Waals surface area (Å²) in [6.45, 7) is 0.245. The standard InChI is InChI=1S/C18H13ClN4OS/c19-13-6-2-7-14(10-13)23-16(21-22-18(23)25)11-24-15-8-1-4-12-5-3-9-20-17(12)15/h1-10H,11H2,(H,22,25). The molecule has 0 saturated heterocycles. The van der Waals surface area contributed by atoms with Gasteiger partial charge in [0, 0.05) is 16.6 Å². The van der Waals surface area contributed by atoms with Crippen LogP contribution in [0.3, 0.4) is 0 Å². The van der Waals surface area contributed by atoms with E-state index in [0.29, 0.717) is 21.4 Å². The average Bonchev–Trinajstić information content (AvgIpc) is 3.00. The minimum atomic E-state index is 0.245. The lowest BCUT2D eigenvalue weighted by molar-refractivity contribution is 0.296. The number of nitrogens with zero attached hydrogens (tertiary/aromatic N) is 3. The highest BCUT2D eigenvalue weighted by atomic mass is 35.5. The summed E-state index contributed by atoms with van der Waals surface area (Å²) in [5.41, 5.74) is 1.65. The Labute approximate surface area is 153 Å². The van der Waals surface area contributed by atoms with Crippen molar-refractivity contribution in [2.45, 2.75) is 6.61 Å². The Kier molecular flexibility index (Phi) is 4.21. The summed E-state index contributed by atoms with van der Waals surface area (Å²) in [7, 11) is 0. The van der Waals surface area contributed by atoms with E-state index >= 15 is 0 Å². The molecule has 2 aromatic heterocycles. The molecule has 0 bridgehead atoms. The van der Waals surface area contributed by atoms with Crippen LogP contribution in [-0.2, 0) is 6.61 Å². The van der Waals surface area contributed by atoms with Crippen LogP contribution >= 0.6 is 23.8 Å². The maximum absolute atomic E-state index is 6.09. The molecule has 0 aliphatic carbocycles. The predicted octanol–water partition coefficient (Wildman–Crippen LogP) is 4.71. The Balaban J connectivity index is 1.67. The molecule has 25 heavy (non-hydrogen) atoms. The van der Waals surface area contributed by atoms with Gasteiger partial charge in [0.25, 0.3) is 0 Å². The fourth-order valence-electron chi connectivity index (χ4n) is 2.64. The molecule has 7 heteroatoms. The Bertz CT molecular complexity index is 1100. The maximum Gasteiger partial charge on any atom is 0.199 e. The SMILES string of the molecule is S=c1[nH]nc(COc2cccc3cccnc23)n1-c1cccc(Cl)c1. The predicted molar refractivity (Wildman–Crippen MR) is 99.8 cm³/mol. The van der Waals surface area contributed by atoms with E-state index in [0.717, 1.165) is 16.6 Å². The van der Waals surface area contributed by atoms with E-state index in [1.165, 1.54) is 0 Å².